The lowest BCUT2D eigenvalue weighted by atomic mass is 10.1. The average Bonchev–Trinajstić information content (AvgIpc) is 3.07. The minimum absolute atomic E-state index is 0.0425. The van der Waals surface area contributed by atoms with Crippen molar-refractivity contribution >= 4 is 53.3 Å². The Kier molecular flexibility index (Phi) is 23.2. The highest BCUT2D eigenvalue weighted by Crippen LogP contribution is 2.04. The van der Waals surface area contributed by atoms with Crippen LogP contribution in [0.2, 0.25) is 0 Å². The molecule has 0 aromatic heterocycles. The molecule has 0 aromatic rings. The number of carbonyl (C=O) groups excluding carboxylic acids is 6. The Hall–Kier alpha value is -5.09. The Bertz CT molecular complexity index is 1210. The molecule has 22 heteroatoms. The summed E-state index contributed by atoms with van der Waals surface area (Å²) in [7, 11) is 0. The summed E-state index contributed by atoms with van der Waals surface area (Å²) >= 11 is 0. The quantitative estimate of drug-likeness (QED) is 0.0213. The van der Waals surface area contributed by atoms with E-state index in [0.29, 0.717) is 32.2 Å². The van der Waals surface area contributed by atoms with Gasteiger partial charge in [0.2, 0.25) is 35.4 Å². The van der Waals surface area contributed by atoms with Crippen molar-refractivity contribution in [2.75, 3.05) is 32.8 Å². The van der Waals surface area contributed by atoms with Crippen molar-refractivity contribution in [3.63, 3.8) is 0 Å². The number of hydrogen-bond acceptors (Lipinski definition) is 12. The van der Waals surface area contributed by atoms with E-state index in [1.54, 1.807) is 0 Å². The lowest BCUT2D eigenvalue weighted by Gasteiger charge is -2.22. The molecule has 0 aliphatic rings. The van der Waals surface area contributed by atoms with E-state index in [9.17, 15) is 38.4 Å². The van der Waals surface area contributed by atoms with E-state index in [1.807, 2.05) is 12.2 Å². The van der Waals surface area contributed by atoms with Crippen LogP contribution in [-0.4, -0.2) is 132 Å². The number of unbranched alkanes of at least 4 members (excludes halogenated alkanes) is 2. The molecule has 0 radical (unpaired) electrons. The third kappa shape index (κ3) is 20.9. The number of aliphatic hydroxyl groups is 1. The number of carbonyl (C=O) groups is 8. The molecule has 17 N–H and O–H groups in total. The number of nitrogens with one attached hydrogen (secondary N) is 6. The molecule has 0 unspecified atom stereocenters. The van der Waals surface area contributed by atoms with Gasteiger partial charge in [-0.3, -0.25) is 38.6 Å². The minimum atomic E-state index is -1.77. The first-order valence-electron chi connectivity index (χ1n) is 16.4. The summed E-state index contributed by atoms with van der Waals surface area (Å²) in [6.07, 6.45) is 2.46. The van der Waals surface area contributed by atoms with E-state index in [0.717, 1.165) is 6.42 Å². The number of rotatable bonds is 27. The Morgan fingerprint density at radius 3 is 1.69 bits per heavy atom. The lowest BCUT2D eigenvalue weighted by Crippen LogP contribution is -2.56. The number of aliphatic carboxylic acids is 2. The zero-order valence-electron chi connectivity index (χ0n) is 28.7. The number of nitrogens with zero attached hydrogens (tertiary/aromatic N) is 1. The largest absolute Gasteiger partial charge is 0.481 e. The second kappa shape index (κ2) is 25.8. The summed E-state index contributed by atoms with van der Waals surface area (Å²) in [4.78, 5) is 102. The van der Waals surface area contributed by atoms with Crippen molar-refractivity contribution < 1.29 is 53.7 Å². The molecule has 0 fully saturated rings. The van der Waals surface area contributed by atoms with Gasteiger partial charge in [-0.05, 0) is 45.1 Å². The number of aliphatic imine (C=N–C) groups is 1. The first-order chi connectivity index (χ1) is 24.1. The van der Waals surface area contributed by atoms with Gasteiger partial charge in [0, 0.05) is 6.54 Å². The number of aliphatic hydroxyl groups excluding tert-OH is 1. The molecular formula is C29H53N11O11. The predicted octanol–water partition coefficient (Wildman–Crippen LogP) is -5.59. The van der Waals surface area contributed by atoms with Gasteiger partial charge in [0.15, 0.2) is 5.96 Å². The number of amides is 6. The third-order valence-corrected chi connectivity index (χ3v) is 7.06. The van der Waals surface area contributed by atoms with Crippen molar-refractivity contribution in [2.45, 2.75) is 94.9 Å². The molecular weight excluding hydrogens is 678 g/mol. The van der Waals surface area contributed by atoms with Crippen LogP contribution in [0.25, 0.3) is 0 Å². The van der Waals surface area contributed by atoms with Crippen LogP contribution in [-0.2, 0) is 38.4 Å². The standard InChI is InChI=1S/C29H53N11O11/c1-2-3-7-16(31)24(46)39-18(8-4-5-10-30)26(48)36-13-21(42)37-17(9-6-11-34-29(32)33)25(47)35-14-22(43)38-19(12-23(44)45)27(49)40-20(15-41)28(50)51/h16-20,41H,2-15,30-31H2,1H3,(H,35,47)(H,36,48)(H,37,42)(H,38,43)(H,39,46)(H,40,49)(H,44,45)(H,50,51)(H4,32,33,34)/t16-,17-,18-,19-,20-/m0/s1. The van der Waals surface area contributed by atoms with Crippen LogP contribution in [0.15, 0.2) is 4.99 Å². The fourth-order valence-electron chi connectivity index (χ4n) is 4.28. The third-order valence-electron chi connectivity index (χ3n) is 7.06. The maximum atomic E-state index is 13.0. The molecule has 0 saturated heterocycles. The molecule has 0 spiro atoms. The number of guanidine groups is 1. The van der Waals surface area contributed by atoms with Crippen LogP contribution in [0.4, 0.5) is 0 Å². The number of carboxylic acid groups (broad SMARTS) is 2. The Labute approximate surface area is 294 Å². The smallest absolute Gasteiger partial charge is 0.328 e. The fourth-order valence-corrected chi connectivity index (χ4v) is 4.28. The molecule has 51 heavy (non-hydrogen) atoms. The van der Waals surface area contributed by atoms with E-state index >= 15 is 0 Å². The van der Waals surface area contributed by atoms with Crippen molar-refractivity contribution in [1.29, 1.82) is 0 Å². The van der Waals surface area contributed by atoms with E-state index < -0.39 is 104 Å². The van der Waals surface area contributed by atoms with Gasteiger partial charge in [-0.15, -0.1) is 0 Å². The SMILES string of the molecule is CCCC[C@H](N)C(=O)N[C@@H](CCCCN)C(=O)NCC(=O)N[C@@H](CCCN=C(N)N)C(=O)NCC(=O)N[C@@H](CC(=O)O)C(=O)N[C@@H](CO)C(=O)O. The summed E-state index contributed by atoms with van der Waals surface area (Å²) in [5, 5.41) is 40.9. The lowest BCUT2D eigenvalue weighted by molar-refractivity contribution is -0.144. The van der Waals surface area contributed by atoms with Crippen molar-refractivity contribution in [3.05, 3.63) is 0 Å². The molecule has 0 aliphatic carbocycles. The highest BCUT2D eigenvalue weighted by molar-refractivity contribution is 5.96. The normalized spacial score (nSPS) is 13.6. The van der Waals surface area contributed by atoms with Gasteiger partial charge >= 0.3 is 11.9 Å². The molecule has 5 atom stereocenters. The first kappa shape index (κ1) is 45.9. The van der Waals surface area contributed by atoms with Crippen LogP contribution in [0.5, 0.6) is 0 Å². The molecule has 290 valence electrons. The Morgan fingerprint density at radius 2 is 1.20 bits per heavy atom. The minimum Gasteiger partial charge on any atom is -0.481 e. The van der Waals surface area contributed by atoms with Crippen LogP contribution in [0.3, 0.4) is 0 Å². The van der Waals surface area contributed by atoms with Gasteiger partial charge < -0.3 is 70.2 Å². The number of nitrogens with two attached hydrogens (primary N) is 4. The van der Waals surface area contributed by atoms with Crippen LogP contribution in [0.1, 0.15) is 64.7 Å². The summed E-state index contributed by atoms with van der Waals surface area (Å²) in [6, 6.07) is -6.66. The second-order valence-electron chi connectivity index (χ2n) is 11.4. The topological polar surface area (TPSA) is 386 Å². The molecule has 0 saturated carbocycles. The van der Waals surface area contributed by atoms with Gasteiger partial charge in [0.05, 0.1) is 32.2 Å². The summed E-state index contributed by atoms with van der Waals surface area (Å²) < 4.78 is 0. The van der Waals surface area contributed by atoms with Gasteiger partial charge in [0.25, 0.3) is 0 Å². The first-order valence-corrected chi connectivity index (χ1v) is 16.4. The summed E-state index contributed by atoms with van der Waals surface area (Å²) in [5.41, 5.74) is 22.1. The maximum Gasteiger partial charge on any atom is 0.328 e. The van der Waals surface area contributed by atoms with Gasteiger partial charge in [-0.25, -0.2) is 4.79 Å². The molecule has 6 amide bonds. The summed E-state index contributed by atoms with van der Waals surface area (Å²) in [6.45, 7) is -0.0274. The van der Waals surface area contributed by atoms with Gasteiger partial charge in [0.1, 0.15) is 24.2 Å². The van der Waals surface area contributed by atoms with Crippen LogP contribution < -0.4 is 54.8 Å². The van der Waals surface area contributed by atoms with E-state index in [-0.39, 0.29) is 31.8 Å². The molecule has 0 aliphatic heterocycles. The number of carboxylic acids is 2. The molecule has 0 aromatic carbocycles. The molecule has 0 rings (SSSR count). The Balaban J connectivity index is 5.53. The monoisotopic (exact) mass is 731 g/mol. The molecule has 0 bridgehead atoms. The van der Waals surface area contributed by atoms with E-state index in [2.05, 4.69) is 31.6 Å². The van der Waals surface area contributed by atoms with Crippen molar-refractivity contribution in [3.8, 4) is 0 Å². The zero-order valence-corrected chi connectivity index (χ0v) is 28.7. The van der Waals surface area contributed by atoms with E-state index in [4.69, 9.17) is 38.3 Å². The maximum absolute atomic E-state index is 13.0. The highest BCUT2D eigenvalue weighted by Gasteiger charge is 2.29. The van der Waals surface area contributed by atoms with Crippen molar-refractivity contribution in [2.24, 2.45) is 27.9 Å². The average molecular weight is 732 g/mol. The number of hydrogen-bond donors (Lipinski definition) is 13. The molecule has 22 nitrogen and oxygen atoms in total. The Morgan fingerprint density at radius 1 is 0.667 bits per heavy atom. The summed E-state index contributed by atoms with van der Waals surface area (Å²) in [5.74, 6) is -8.49. The van der Waals surface area contributed by atoms with Gasteiger partial charge in [-0.1, -0.05) is 19.8 Å². The highest BCUT2D eigenvalue weighted by atomic mass is 16.4. The second-order valence-corrected chi connectivity index (χ2v) is 11.4. The van der Waals surface area contributed by atoms with Gasteiger partial charge in [-0.2, -0.15) is 0 Å². The van der Waals surface area contributed by atoms with E-state index in [1.165, 1.54) is 0 Å². The van der Waals surface area contributed by atoms with Crippen molar-refractivity contribution in [1.82, 2.24) is 31.9 Å². The fraction of sp³-hybridized carbons (Fsp3) is 0.690. The zero-order chi connectivity index (χ0) is 38.9. The van der Waals surface area contributed by atoms with Crippen LogP contribution in [0, 0.1) is 0 Å². The molecule has 0 heterocycles. The van der Waals surface area contributed by atoms with Crippen LogP contribution >= 0.6 is 0 Å². The predicted molar refractivity (Wildman–Crippen MR) is 181 cm³/mol.